The molecule has 0 amide bonds. The van der Waals surface area contributed by atoms with Crippen molar-refractivity contribution in [2.75, 3.05) is 5.75 Å². The average molecular weight is 294 g/mol. The summed E-state index contributed by atoms with van der Waals surface area (Å²) in [5.74, 6) is 0.248. The van der Waals surface area contributed by atoms with Crippen LogP contribution < -0.4 is 5.32 Å². The summed E-state index contributed by atoms with van der Waals surface area (Å²) in [5.41, 5.74) is -0.767. The molecule has 1 aliphatic rings. The van der Waals surface area contributed by atoms with Crippen LogP contribution in [-0.2, 0) is 4.79 Å². The van der Waals surface area contributed by atoms with Gasteiger partial charge in [-0.2, -0.15) is 0 Å². The predicted molar refractivity (Wildman–Crippen MR) is 81.0 cm³/mol. The molecule has 1 fully saturated rings. The maximum absolute atomic E-state index is 11.4. The Morgan fingerprint density at radius 2 is 2.30 bits per heavy atom. The van der Waals surface area contributed by atoms with Crippen molar-refractivity contribution in [1.82, 2.24) is 10.3 Å². The first kappa shape index (κ1) is 15.3. The molecule has 0 spiro atoms. The van der Waals surface area contributed by atoms with Crippen LogP contribution in [-0.4, -0.2) is 33.4 Å². The van der Waals surface area contributed by atoms with Crippen LogP contribution in [0.4, 0.5) is 0 Å². The molecule has 2 N–H and O–H groups in total. The summed E-state index contributed by atoms with van der Waals surface area (Å²) < 4.78 is 0. The number of nitrogens with zero attached hydrogens (tertiary/aromatic N) is 1. The highest BCUT2D eigenvalue weighted by molar-refractivity contribution is 7.99. The van der Waals surface area contributed by atoms with Crippen molar-refractivity contribution in [1.29, 1.82) is 0 Å². The third-order valence-corrected chi connectivity index (χ3v) is 4.56. The smallest absolute Gasteiger partial charge is 0.323 e. The van der Waals surface area contributed by atoms with E-state index in [0.717, 1.165) is 36.5 Å². The highest BCUT2D eigenvalue weighted by Gasteiger charge is 2.37. The van der Waals surface area contributed by atoms with Crippen LogP contribution in [0.3, 0.4) is 0 Å². The van der Waals surface area contributed by atoms with Crippen LogP contribution in [0.2, 0.25) is 0 Å². The number of thioether (sulfide) groups is 1. The number of carbonyl (C=O) groups is 1. The Morgan fingerprint density at radius 3 is 2.90 bits per heavy atom. The monoisotopic (exact) mass is 294 g/mol. The molecule has 1 heterocycles. The quantitative estimate of drug-likeness (QED) is 0.541. The van der Waals surface area contributed by atoms with Crippen molar-refractivity contribution in [2.45, 2.75) is 55.6 Å². The molecule has 1 aromatic heterocycles. The van der Waals surface area contributed by atoms with Gasteiger partial charge in [0.2, 0.25) is 0 Å². The minimum absolute atomic E-state index is 0.416. The van der Waals surface area contributed by atoms with Crippen LogP contribution >= 0.6 is 11.8 Å². The second kappa shape index (κ2) is 7.09. The Labute approximate surface area is 124 Å². The predicted octanol–water partition coefficient (Wildman–Crippen LogP) is 2.94. The second-order valence-corrected chi connectivity index (χ2v) is 6.64. The van der Waals surface area contributed by atoms with E-state index in [1.165, 1.54) is 0 Å². The van der Waals surface area contributed by atoms with Crippen LogP contribution in [0.15, 0.2) is 29.4 Å². The number of hydrogen-bond donors (Lipinski definition) is 2. The minimum atomic E-state index is -0.767. The number of carboxylic acids is 1. The van der Waals surface area contributed by atoms with Gasteiger partial charge in [0.05, 0.1) is 5.03 Å². The molecule has 110 valence electrons. The number of hydrogen-bond acceptors (Lipinski definition) is 4. The topological polar surface area (TPSA) is 62.2 Å². The molecule has 0 aromatic carbocycles. The number of carboxylic acid groups (broad SMARTS) is 1. The number of unbranched alkanes of at least 4 members (excludes halogenated alkanes) is 1. The second-order valence-electron chi connectivity index (χ2n) is 5.53. The van der Waals surface area contributed by atoms with Crippen molar-refractivity contribution in [2.24, 2.45) is 0 Å². The molecule has 0 saturated heterocycles. The van der Waals surface area contributed by atoms with E-state index in [2.05, 4.69) is 10.3 Å². The van der Waals surface area contributed by atoms with E-state index in [1.807, 2.05) is 18.2 Å². The Morgan fingerprint density at radius 1 is 1.50 bits per heavy atom. The van der Waals surface area contributed by atoms with E-state index < -0.39 is 11.5 Å². The largest absolute Gasteiger partial charge is 0.480 e. The van der Waals surface area contributed by atoms with Crippen LogP contribution in [0.25, 0.3) is 0 Å². The first-order chi connectivity index (χ1) is 9.60. The lowest BCUT2D eigenvalue weighted by atomic mass is 9.95. The SMILES string of the molecule is CC(CCCCSc1ccccn1)(NC1CC1)C(=O)O. The average Bonchev–Trinajstić information content (AvgIpc) is 3.23. The van der Waals surface area contributed by atoms with E-state index in [-0.39, 0.29) is 0 Å². The molecular formula is C15H22N2O2S. The first-order valence-corrected chi connectivity index (χ1v) is 8.14. The van der Waals surface area contributed by atoms with E-state index in [1.54, 1.807) is 24.9 Å². The Balaban J connectivity index is 1.67. The molecule has 1 unspecified atom stereocenters. The summed E-state index contributed by atoms with van der Waals surface area (Å²) in [7, 11) is 0. The van der Waals surface area contributed by atoms with Crippen molar-refractivity contribution in [3.05, 3.63) is 24.4 Å². The number of aliphatic carboxylic acids is 1. The molecule has 0 radical (unpaired) electrons. The van der Waals surface area contributed by atoms with Gasteiger partial charge in [-0.15, -0.1) is 11.8 Å². The van der Waals surface area contributed by atoms with Gasteiger partial charge in [0, 0.05) is 12.2 Å². The third kappa shape index (κ3) is 4.80. The number of pyridine rings is 1. The summed E-state index contributed by atoms with van der Waals surface area (Å²) in [5, 5.41) is 13.7. The van der Waals surface area contributed by atoms with E-state index in [0.29, 0.717) is 12.5 Å². The normalized spacial score (nSPS) is 17.6. The molecular weight excluding hydrogens is 272 g/mol. The molecule has 1 atom stereocenters. The minimum Gasteiger partial charge on any atom is -0.480 e. The molecule has 1 aliphatic carbocycles. The van der Waals surface area contributed by atoms with Crippen LogP contribution in [0, 0.1) is 0 Å². The van der Waals surface area contributed by atoms with Gasteiger partial charge in [-0.25, -0.2) is 4.98 Å². The third-order valence-electron chi connectivity index (χ3n) is 3.53. The zero-order chi connectivity index (χ0) is 14.4. The summed E-state index contributed by atoms with van der Waals surface area (Å²) in [6, 6.07) is 6.31. The fraction of sp³-hybridized carbons (Fsp3) is 0.600. The van der Waals surface area contributed by atoms with Crippen LogP contribution in [0.5, 0.6) is 0 Å². The highest BCUT2D eigenvalue weighted by atomic mass is 32.2. The lowest BCUT2D eigenvalue weighted by molar-refractivity contribution is -0.144. The summed E-state index contributed by atoms with van der Waals surface area (Å²) >= 11 is 1.73. The summed E-state index contributed by atoms with van der Waals surface area (Å²) in [4.78, 5) is 15.6. The fourth-order valence-corrected chi connectivity index (χ4v) is 2.98. The summed E-state index contributed by atoms with van der Waals surface area (Å²) in [6.07, 6.45) is 6.63. The molecule has 1 aromatic rings. The van der Waals surface area contributed by atoms with Crippen molar-refractivity contribution in [3.8, 4) is 0 Å². The zero-order valence-corrected chi connectivity index (χ0v) is 12.7. The van der Waals surface area contributed by atoms with Crippen molar-refractivity contribution >= 4 is 17.7 Å². The molecule has 2 rings (SSSR count). The number of rotatable bonds is 9. The van der Waals surface area contributed by atoms with Gasteiger partial charge < -0.3 is 5.11 Å². The maximum atomic E-state index is 11.4. The zero-order valence-electron chi connectivity index (χ0n) is 11.8. The molecule has 0 bridgehead atoms. The van der Waals surface area contributed by atoms with E-state index in [9.17, 15) is 9.90 Å². The van der Waals surface area contributed by atoms with Gasteiger partial charge in [-0.1, -0.05) is 12.5 Å². The Bertz CT molecular complexity index is 437. The fourth-order valence-electron chi connectivity index (χ4n) is 2.11. The van der Waals surface area contributed by atoms with Crippen molar-refractivity contribution in [3.63, 3.8) is 0 Å². The molecule has 0 aliphatic heterocycles. The van der Waals surface area contributed by atoms with E-state index >= 15 is 0 Å². The van der Waals surface area contributed by atoms with E-state index in [4.69, 9.17) is 0 Å². The van der Waals surface area contributed by atoms with Gasteiger partial charge in [-0.3, -0.25) is 10.1 Å². The van der Waals surface area contributed by atoms with Gasteiger partial charge >= 0.3 is 5.97 Å². The number of nitrogens with one attached hydrogen (secondary N) is 1. The molecule has 5 heteroatoms. The maximum Gasteiger partial charge on any atom is 0.323 e. The first-order valence-electron chi connectivity index (χ1n) is 7.15. The molecule has 4 nitrogen and oxygen atoms in total. The van der Waals surface area contributed by atoms with Gasteiger partial charge in [0.25, 0.3) is 0 Å². The standard InChI is InChI=1S/C15H22N2O2S/c1-15(14(18)19,17-12-7-8-12)9-3-5-11-20-13-6-2-4-10-16-13/h2,4,6,10,12,17H,3,5,7-9,11H2,1H3,(H,18,19). The van der Waals surface area contributed by atoms with Gasteiger partial charge in [0.15, 0.2) is 0 Å². The Hall–Kier alpha value is -1.07. The van der Waals surface area contributed by atoms with Gasteiger partial charge in [-0.05, 0) is 50.5 Å². The molecule has 20 heavy (non-hydrogen) atoms. The summed E-state index contributed by atoms with van der Waals surface area (Å²) in [6.45, 7) is 1.81. The number of aromatic nitrogens is 1. The Kier molecular flexibility index (Phi) is 5.43. The molecule has 1 saturated carbocycles. The highest BCUT2D eigenvalue weighted by Crippen LogP contribution is 2.26. The van der Waals surface area contributed by atoms with Crippen LogP contribution in [0.1, 0.15) is 39.0 Å². The lowest BCUT2D eigenvalue weighted by Crippen LogP contribution is -2.50. The van der Waals surface area contributed by atoms with Crippen molar-refractivity contribution < 1.29 is 9.90 Å². The van der Waals surface area contributed by atoms with Gasteiger partial charge in [0.1, 0.15) is 5.54 Å². The lowest BCUT2D eigenvalue weighted by Gasteiger charge is -2.26.